The maximum absolute atomic E-state index is 14.4. The van der Waals surface area contributed by atoms with E-state index in [1.165, 1.54) is 0 Å². The molecular weight excluding hydrogens is 735 g/mol. The Morgan fingerprint density at radius 2 is 1.18 bits per heavy atom. The van der Waals surface area contributed by atoms with Gasteiger partial charge in [-0.1, -0.05) is 73.7 Å². The first kappa shape index (κ1) is 41.2. The quantitative estimate of drug-likeness (QED) is 0.0504. The van der Waals surface area contributed by atoms with Crippen molar-refractivity contribution in [1.82, 2.24) is 36.6 Å². The van der Waals surface area contributed by atoms with Crippen LogP contribution in [0.5, 0.6) is 0 Å². The van der Waals surface area contributed by atoms with Crippen molar-refractivity contribution in [2.45, 2.75) is 63.2 Å². The van der Waals surface area contributed by atoms with Crippen LogP contribution in [0.3, 0.4) is 0 Å². The number of carboxylic acid groups (broad SMARTS) is 1. The molecule has 4 unspecified atom stereocenters. The number of aromatic nitrogens is 2. The van der Waals surface area contributed by atoms with Gasteiger partial charge >= 0.3 is 5.97 Å². The van der Waals surface area contributed by atoms with Crippen LogP contribution >= 0.6 is 12.6 Å². The first-order valence-electron chi connectivity index (χ1n) is 18.5. The summed E-state index contributed by atoms with van der Waals surface area (Å²) in [7, 11) is 0. The van der Waals surface area contributed by atoms with Gasteiger partial charge in [0, 0.05) is 59.2 Å². The minimum Gasteiger partial charge on any atom is -0.480 e. The highest BCUT2D eigenvalue weighted by Gasteiger charge is 2.31. The van der Waals surface area contributed by atoms with Crippen molar-refractivity contribution < 1.29 is 33.9 Å². The predicted octanol–water partition coefficient (Wildman–Crippen LogP) is 2.59. The van der Waals surface area contributed by atoms with Gasteiger partial charge in [0.2, 0.25) is 23.6 Å². The van der Waals surface area contributed by atoms with Gasteiger partial charge < -0.3 is 36.3 Å². The van der Waals surface area contributed by atoms with Gasteiger partial charge in [0.1, 0.15) is 23.9 Å². The van der Waals surface area contributed by atoms with Crippen molar-refractivity contribution >= 4 is 69.8 Å². The van der Waals surface area contributed by atoms with Crippen LogP contribution in [-0.4, -0.2) is 93.5 Å². The Morgan fingerprint density at radius 1 is 0.643 bits per heavy atom. The van der Waals surface area contributed by atoms with E-state index < -0.39 is 60.3 Å². The summed E-state index contributed by atoms with van der Waals surface area (Å²) < 4.78 is 0. The number of rotatable bonds is 21. The number of amides is 4. The fourth-order valence-corrected chi connectivity index (χ4v) is 6.68. The standard InChI is InChI=1S/C41H47N7O7S/c1-2-10-28(49)22-44-33(17-25-11-4-3-5-12-25)39(52)48-35(19-27-21-43-32-16-9-7-14-30(27)32)40(53)47-34(18-26-20-42-31-15-8-6-13-29(26)31)38(51)45-23-37(50)46-36(24-56)41(54)55/h3-9,11-16,20-21,33-36,42-44,56H,2,10,17-19,22-24H2,1H3,(H,45,51)(H,46,50)(H,47,53)(H,48,52)(H,54,55). The molecule has 294 valence electrons. The zero-order chi connectivity index (χ0) is 40.0. The predicted molar refractivity (Wildman–Crippen MR) is 216 cm³/mol. The molecule has 56 heavy (non-hydrogen) atoms. The highest BCUT2D eigenvalue weighted by atomic mass is 32.1. The van der Waals surface area contributed by atoms with E-state index in [4.69, 9.17) is 0 Å². The van der Waals surface area contributed by atoms with Crippen LogP contribution in [-0.2, 0) is 48.0 Å². The Kier molecular flexibility index (Phi) is 14.8. The highest BCUT2D eigenvalue weighted by Crippen LogP contribution is 2.21. The molecule has 2 heterocycles. The summed E-state index contributed by atoms with van der Waals surface area (Å²) in [5.74, 6) is -4.10. The number of benzene rings is 3. The second-order valence-electron chi connectivity index (χ2n) is 13.5. The SMILES string of the molecule is CCCC(=O)CNC(Cc1ccccc1)C(=O)NC(Cc1c[nH]c2ccccc12)C(=O)NC(Cc1c[nH]c2ccccc12)C(=O)NCC(=O)NC(CS)C(=O)O. The third-order valence-corrected chi connectivity index (χ3v) is 9.74. The Hall–Kier alpha value is -5.93. The van der Waals surface area contributed by atoms with Gasteiger partial charge in [-0.05, 0) is 41.7 Å². The number of hydrogen-bond donors (Lipinski definition) is 9. The Bertz CT molecular complexity index is 2150. The molecular formula is C41H47N7O7S. The molecule has 0 spiro atoms. The van der Waals surface area contributed by atoms with E-state index in [-0.39, 0.29) is 37.3 Å². The van der Waals surface area contributed by atoms with Crippen molar-refractivity contribution in [1.29, 1.82) is 0 Å². The number of ketones is 1. The normalized spacial score (nSPS) is 13.3. The number of aliphatic carboxylic acids is 1. The minimum atomic E-state index is -1.28. The van der Waals surface area contributed by atoms with Crippen LogP contribution in [0.25, 0.3) is 21.8 Å². The van der Waals surface area contributed by atoms with Crippen molar-refractivity contribution in [2.75, 3.05) is 18.8 Å². The second kappa shape index (κ2) is 20.1. The maximum atomic E-state index is 14.4. The molecule has 0 radical (unpaired) electrons. The summed E-state index contributed by atoms with van der Waals surface area (Å²) >= 11 is 3.96. The molecule has 0 saturated heterocycles. The van der Waals surface area contributed by atoms with Crippen molar-refractivity contribution in [2.24, 2.45) is 0 Å². The second-order valence-corrected chi connectivity index (χ2v) is 13.9. The molecule has 8 N–H and O–H groups in total. The molecule has 14 nitrogen and oxygen atoms in total. The molecule has 4 atom stereocenters. The number of para-hydroxylation sites is 2. The summed E-state index contributed by atoms with van der Waals surface area (Å²) in [6.07, 6.45) is 4.84. The Balaban J connectivity index is 1.42. The van der Waals surface area contributed by atoms with Crippen LogP contribution in [0.4, 0.5) is 0 Å². The van der Waals surface area contributed by atoms with Crippen LogP contribution < -0.4 is 26.6 Å². The average Bonchev–Trinajstić information content (AvgIpc) is 3.81. The van der Waals surface area contributed by atoms with Gasteiger partial charge in [0.05, 0.1) is 19.1 Å². The van der Waals surface area contributed by atoms with Crippen molar-refractivity contribution in [3.63, 3.8) is 0 Å². The van der Waals surface area contributed by atoms with E-state index in [1.54, 1.807) is 12.4 Å². The average molecular weight is 782 g/mol. The lowest BCUT2D eigenvalue weighted by molar-refractivity contribution is -0.141. The number of thiol groups is 1. The topological polar surface area (TPSA) is 214 Å². The lowest BCUT2D eigenvalue weighted by Gasteiger charge is -2.25. The Morgan fingerprint density at radius 3 is 1.73 bits per heavy atom. The molecule has 0 aliphatic rings. The van der Waals surface area contributed by atoms with E-state index in [9.17, 15) is 33.9 Å². The first-order valence-corrected chi connectivity index (χ1v) is 19.1. The fourth-order valence-electron chi connectivity index (χ4n) is 6.44. The van der Waals surface area contributed by atoms with Gasteiger partial charge in [0.15, 0.2) is 0 Å². The summed E-state index contributed by atoms with van der Waals surface area (Å²) in [6.45, 7) is 1.31. The number of nitrogens with one attached hydrogen (secondary N) is 7. The molecule has 2 aromatic heterocycles. The molecule has 0 aliphatic carbocycles. The van der Waals surface area contributed by atoms with E-state index in [2.05, 4.69) is 49.2 Å². The summed E-state index contributed by atoms with van der Waals surface area (Å²) in [6, 6.07) is 19.8. The number of carboxylic acids is 1. The van der Waals surface area contributed by atoms with E-state index in [0.29, 0.717) is 18.4 Å². The van der Waals surface area contributed by atoms with Crippen LogP contribution in [0.15, 0.2) is 91.3 Å². The van der Waals surface area contributed by atoms with E-state index in [1.807, 2.05) is 85.8 Å². The lowest BCUT2D eigenvalue weighted by Crippen LogP contribution is -2.58. The molecule has 5 aromatic rings. The number of H-pyrrole nitrogens is 2. The minimum absolute atomic E-state index is 0.0169. The van der Waals surface area contributed by atoms with Gasteiger partial charge in [-0.2, -0.15) is 12.6 Å². The summed E-state index contributed by atoms with van der Waals surface area (Å²) in [5, 5.41) is 24.7. The maximum Gasteiger partial charge on any atom is 0.327 e. The molecule has 0 fully saturated rings. The van der Waals surface area contributed by atoms with E-state index >= 15 is 0 Å². The number of Topliss-reactive ketones (excluding diaryl/α,β-unsaturated/α-hetero) is 1. The monoisotopic (exact) mass is 781 g/mol. The first-order chi connectivity index (χ1) is 27.1. The molecule has 0 bridgehead atoms. The number of carbonyl (C=O) groups is 6. The molecule has 3 aromatic carbocycles. The lowest BCUT2D eigenvalue weighted by atomic mass is 10.0. The Labute approximate surface area is 329 Å². The van der Waals surface area contributed by atoms with Gasteiger partial charge in [-0.25, -0.2) is 4.79 Å². The van der Waals surface area contributed by atoms with Crippen LogP contribution in [0, 0.1) is 0 Å². The molecule has 5 rings (SSSR count). The molecule has 0 aliphatic heterocycles. The fraction of sp³-hybridized carbons (Fsp3) is 0.317. The highest BCUT2D eigenvalue weighted by molar-refractivity contribution is 7.80. The molecule has 0 saturated carbocycles. The largest absolute Gasteiger partial charge is 0.480 e. The third-order valence-electron chi connectivity index (χ3n) is 9.38. The van der Waals surface area contributed by atoms with Crippen molar-refractivity contribution in [3.8, 4) is 0 Å². The zero-order valence-electron chi connectivity index (χ0n) is 31.0. The third kappa shape index (κ3) is 11.3. The van der Waals surface area contributed by atoms with Crippen LogP contribution in [0.1, 0.15) is 36.5 Å². The number of carbonyl (C=O) groups excluding carboxylic acids is 5. The van der Waals surface area contributed by atoms with Crippen LogP contribution in [0.2, 0.25) is 0 Å². The number of fused-ring (bicyclic) bond motifs is 2. The van der Waals surface area contributed by atoms with Gasteiger partial charge in [-0.3, -0.25) is 29.3 Å². The summed E-state index contributed by atoms with van der Waals surface area (Å²) in [5.41, 5.74) is 3.97. The smallest absolute Gasteiger partial charge is 0.327 e. The van der Waals surface area contributed by atoms with Gasteiger partial charge in [0.25, 0.3) is 0 Å². The van der Waals surface area contributed by atoms with Crippen molar-refractivity contribution in [3.05, 3.63) is 108 Å². The zero-order valence-corrected chi connectivity index (χ0v) is 31.9. The van der Waals surface area contributed by atoms with Gasteiger partial charge in [-0.15, -0.1) is 0 Å². The molecule has 4 amide bonds. The number of aromatic amines is 2. The number of hydrogen-bond acceptors (Lipinski definition) is 8. The van der Waals surface area contributed by atoms with E-state index in [0.717, 1.165) is 32.9 Å². The summed E-state index contributed by atoms with van der Waals surface area (Å²) in [4.78, 5) is 85.3. The molecule has 15 heteroatoms.